The lowest BCUT2D eigenvalue weighted by Crippen LogP contribution is -2.48. The molecule has 0 aromatic heterocycles. The van der Waals surface area contributed by atoms with Crippen molar-refractivity contribution in [3.63, 3.8) is 0 Å². The normalized spacial score (nSPS) is 17.2. The molecule has 1 aliphatic rings. The van der Waals surface area contributed by atoms with Crippen LogP contribution in [-0.2, 0) is 11.2 Å². The first-order valence-electron chi connectivity index (χ1n) is 5.87. The van der Waals surface area contributed by atoms with E-state index in [0.717, 1.165) is 11.3 Å². The molecular weight excluding hydrogens is 287 g/mol. The average Bonchev–Trinajstić information content (AvgIpc) is 2.67. The van der Waals surface area contributed by atoms with Crippen LogP contribution in [0.1, 0.15) is 19.4 Å². The number of nitrogens with one attached hydrogen (secondary N) is 1. The minimum atomic E-state index is -0.485. The van der Waals surface area contributed by atoms with Crippen molar-refractivity contribution in [3.8, 4) is 5.75 Å². The van der Waals surface area contributed by atoms with Crippen molar-refractivity contribution in [1.82, 2.24) is 5.32 Å². The van der Waals surface area contributed by atoms with Gasteiger partial charge in [-0.05, 0) is 37.6 Å². The molecule has 1 heterocycles. The molecule has 0 fully saturated rings. The van der Waals surface area contributed by atoms with E-state index >= 15 is 0 Å². The zero-order valence-electron chi connectivity index (χ0n) is 10.9. The number of halogens is 2. The summed E-state index contributed by atoms with van der Waals surface area (Å²) < 4.78 is 5.58. The Kier molecular flexibility index (Phi) is 5.07. The lowest BCUT2D eigenvalue weighted by molar-refractivity contribution is -0.127. The quantitative estimate of drug-likeness (QED) is 0.897. The highest BCUT2D eigenvalue weighted by Crippen LogP contribution is 2.31. The Balaban J connectivity index is 0.00000180. The van der Waals surface area contributed by atoms with Crippen molar-refractivity contribution < 1.29 is 9.53 Å². The van der Waals surface area contributed by atoms with Gasteiger partial charge in [-0.15, -0.1) is 12.4 Å². The van der Waals surface area contributed by atoms with Crippen molar-refractivity contribution in [2.24, 2.45) is 5.73 Å². The molecule has 1 aromatic carbocycles. The molecule has 1 aliphatic heterocycles. The summed E-state index contributed by atoms with van der Waals surface area (Å²) in [6, 6.07) is 5.37. The minimum absolute atomic E-state index is 0. The third kappa shape index (κ3) is 4.27. The molecule has 1 unspecified atom stereocenters. The van der Waals surface area contributed by atoms with E-state index in [0.29, 0.717) is 18.0 Å². The van der Waals surface area contributed by atoms with Crippen LogP contribution in [0.2, 0.25) is 5.02 Å². The molecule has 0 aliphatic carbocycles. The van der Waals surface area contributed by atoms with E-state index in [1.165, 1.54) is 0 Å². The maximum Gasteiger partial charge on any atom is 0.261 e. The van der Waals surface area contributed by atoms with Gasteiger partial charge in [-0.1, -0.05) is 11.6 Å². The number of hydrogen-bond donors (Lipinski definition) is 2. The van der Waals surface area contributed by atoms with E-state index in [1.807, 2.05) is 19.9 Å². The third-order valence-electron chi connectivity index (χ3n) is 2.71. The smallest absolute Gasteiger partial charge is 0.261 e. The van der Waals surface area contributed by atoms with Crippen molar-refractivity contribution in [2.75, 3.05) is 6.54 Å². The second kappa shape index (κ2) is 5.99. The first kappa shape index (κ1) is 16.1. The fraction of sp³-hybridized carbons (Fsp3) is 0.462. The van der Waals surface area contributed by atoms with Crippen LogP contribution >= 0.6 is 24.0 Å². The Bertz CT molecular complexity index is 472. The standard InChI is InChI=1S/C13H17ClN2O2.ClH/c1-13(2,15)7-16-12(17)11-6-8-5-9(14)3-4-10(8)18-11;/h3-5,11H,6-7,15H2,1-2H3,(H,16,17);1H. The SMILES string of the molecule is CC(C)(N)CNC(=O)C1Cc2cc(Cl)ccc2O1.Cl. The number of ether oxygens (including phenoxy) is 1. The molecule has 1 aromatic rings. The van der Waals surface area contributed by atoms with Gasteiger partial charge in [-0.25, -0.2) is 0 Å². The van der Waals surface area contributed by atoms with Gasteiger partial charge in [0.1, 0.15) is 5.75 Å². The van der Waals surface area contributed by atoms with E-state index in [2.05, 4.69) is 5.32 Å². The Labute approximate surface area is 124 Å². The lowest BCUT2D eigenvalue weighted by atomic mass is 10.1. The van der Waals surface area contributed by atoms with E-state index < -0.39 is 11.6 Å². The Hall–Kier alpha value is -0.970. The maximum atomic E-state index is 11.9. The average molecular weight is 305 g/mol. The van der Waals surface area contributed by atoms with E-state index in [9.17, 15) is 4.79 Å². The molecule has 0 radical (unpaired) electrons. The molecule has 0 saturated carbocycles. The number of benzene rings is 1. The summed E-state index contributed by atoms with van der Waals surface area (Å²) >= 11 is 5.90. The highest BCUT2D eigenvalue weighted by atomic mass is 35.5. The first-order valence-corrected chi connectivity index (χ1v) is 6.25. The Morgan fingerprint density at radius 1 is 1.58 bits per heavy atom. The van der Waals surface area contributed by atoms with Crippen LogP contribution < -0.4 is 15.8 Å². The molecule has 3 N–H and O–H groups in total. The summed E-state index contributed by atoms with van der Waals surface area (Å²) in [7, 11) is 0. The van der Waals surface area contributed by atoms with Gasteiger partial charge in [-0.3, -0.25) is 4.79 Å². The molecule has 0 bridgehead atoms. The predicted octanol–water partition coefficient (Wildman–Crippen LogP) is 1.92. The van der Waals surface area contributed by atoms with Gasteiger partial charge in [0.2, 0.25) is 0 Å². The van der Waals surface area contributed by atoms with Gasteiger partial charge in [0.15, 0.2) is 6.10 Å². The molecule has 6 heteroatoms. The van der Waals surface area contributed by atoms with Crippen molar-refractivity contribution in [2.45, 2.75) is 31.9 Å². The van der Waals surface area contributed by atoms with Crippen molar-refractivity contribution in [1.29, 1.82) is 0 Å². The summed E-state index contributed by atoms with van der Waals surface area (Å²) in [6.45, 7) is 4.14. The predicted molar refractivity (Wildman–Crippen MR) is 78.1 cm³/mol. The molecule has 1 atom stereocenters. The lowest BCUT2D eigenvalue weighted by Gasteiger charge is -2.20. The number of hydrogen-bond acceptors (Lipinski definition) is 3. The van der Waals surface area contributed by atoms with E-state index in [4.69, 9.17) is 22.1 Å². The monoisotopic (exact) mass is 304 g/mol. The summed E-state index contributed by atoms with van der Waals surface area (Å²) in [6.07, 6.45) is 0.0630. The van der Waals surface area contributed by atoms with Crippen LogP contribution in [0.4, 0.5) is 0 Å². The number of carbonyl (C=O) groups excluding carboxylic acids is 1. The zero-order chi connectivity index (χ0) is 13.3. The number of nitrogens with two attached hydrogens (primary N) is 1. The fourth-order valence-electron chi connectivity index (χ4n) is 1.79. The number of rotatable bonds is 3. The van der Waals surface area contributed by atoms with Gasteiger partial charge in [-0.2, -0.15) is 0 Å². The number of amides is 1. The highest BCUT2D eigenvalue weighted by Gasteiger charge is 2.29. The second-order valence-corrected chi connectivity index (χ2v) is 5.71. The van der Waals surface area contributed by atoms with Gasteiger partial charge in [0.05, 0.1) is 0 Å². The highest BCUT2D eigenvalue weighted by molar-refractivity contribution is 6.30. The van der Waals surface area contributed by atoms with Crippen LogP contribution in [0.25, 0.3) is 0 Å². The van der Waals surface area contributed by atoms with Crippen LogP contribution in [0.5, 0.6) is 5.75 Å². The summed E-state index contributed by atoms with van der Waals surface area (Å²) in [5, 5.41) is 3.45. The molecule has 106 valence electrons. The molecule has 1 amide bonds. The fourth-order valence-corrected chi connectivity index (χ4v) is 1.99. The minimum Gasteiger partial charge on any atom is -0.480 e. The van der Waals surface area contributed by atoms with E-state index in [1.54, 1.807) is 12.1 Å². The van der Waals surface area contributed by atoms with Gasteiger partial charge in [0, 0.05) is 23.5 Å². The van der Waals surface area contributed by atoms with E-state index in [-0.39, 0.29) is 18.3 Å². The molecule has 2 rings (SSSR count). The topological polar surface area (TPSA) is 64.3 Å². The molecule has 4 nitrogen and oxygen atoms in total. The number of carbonyl (C=O) groups is 1. The van der Waals surface area contributed by atoms with Gasteiger partial charge < -0.3 is 15.8 Å². The van der Waals surface area contributed by atoms with Crippen molar-refractivity contribution in [3.05, 3.63) is 28.8 Å². The van der Waals surface area contributed by atoms with Crippen molar-refractivity contribution >= 4 is 29.9 Å². The third-order valence-corrected chi connectivity index (χ3v) is 2.94. The zero-order valence-corrected chi connectivity index (χ0v) is 12.5. The van der Waals surface area contributed by atoms with Crippen LogP contribution in [-0.4, -0.2) is 24.1 Å². The maximum absolute atomic E-state index is 11.9. The van der Waals surface area contributed by atoms with Crippen LogP contribution in [0.3, 0.4) is 0 Å². The molecule has 0 spiro atoms. The first-order chi connectivity index (χ1) is 8.35. The Morgan fingerprint density at radius 2 is 2.26 bits per heavy atom. The second-order valence-electron chi connectivity index (χ2n) is 5.27. The molecule has 0 saturated heterocycles. The molecule has 19 heavy (non-hydrogen) atoms. The number of fused-ring (bicyclic) bond motifs is 1. The summed E-state index contributed by atoms with van der Waals surface area (Å²) in [5.41, 5.74) is 6.35. The van der Waals surface area contributed by atoms with Gasteiger partial charge in [0.25, 0.3) is 5.91 Å². The molecular formula is C13H18Cl2N2O2. The summed E-state index contributed by atoms with van der Waals surface area (Å²) in [4.78, 5) is 11.9. The van der Waals surface area contributed by atoms with Gasteiger partial charge >= 0.3 is 0 Å². The Morgan fingerprint density at radius 3 is 2.89 bits per heavy atom. The largest absolute Gasteiger partial charge is 0.480 e. The van der Waals surface area contributed by atoms with Crippen LogP contribution in [0.15, 0.2) is 18.2 Å². The van der Waals surface area contributed by atoms with Crippen LogP contribution in [0, 0.1) is 0 Å². The summed E-state index contributed by atoms with van der Waals surface area (Å²) in [5.74, 6) is 0.590.